The van der Waals surface area contributed by atoms with E-state index in [4.69, 9.17) is 4.74 Å². The number of hydrogen-bond acceptors (Lipinski definition) is 5. The van der Waals surface area contributed by atoms with Crippen LogP contribution in [0.1, 0.15) is 17.3 Å². The molecule has 0 aliphatic rings. The number of benzene rings is 2. The number of ether oxygens (including phenoxy) is 1. The molecule has 0 spiro atoms. The zero-order chi connectivity index (χ0) is 20.9. The average Bonchev–Trinajstić information content (AvgIpc) is 2.60. The van der Waals surface area contributed by atoms with Crippen molar-refractivity contribution in [3.05, 3.63) is 52.5 Å². The molecule has 0 saturated heterocycles. The number of sulfonamides is 1. The summed E-state index contributed by atoms with van der Waals surface area (Å²) in [5.41, 5.74) is 0.0794. The molecule has 0 atom stereocenters. The number of para-hydroxylation sites is 2. The molecule has 0 aromatic heterocycles. The van der Waals surface area contributed by atoms with Gasteiger partial charge in [0.1, 0.15) is 11.4 Å². The molecule has 0 aliphatic carbocycles. The molecule has 2 rings (SSSR count). The zero-order valence-corrected chi connectivity index (χ0v) is 16.9. The number of anilines is 2. The van der Waals surface area contributed by atoms with Crippen LogP contribution in [0.5, 0.6) is 0 Å². The fourth-order valence-corrected chi connectivity index (χ4v) is 4.34. The normalized spacial score (nSPS) is 11.8. The van der Waals surface area contributed by atoms with Gasteiger partial charge in [0.2, 0.25) is 0 Å². The van der Waals surface area contributed by atoms with Crippen LogP contribution in [-0.4, -0.2) is 33.7 Å². The largest absolute Gasteiger partial charge is 0.462 e. The number of nitrogens with one attached hydrogen (secondary N) is 2. The lowest BCUT2D eigenvalue weighted by molar-refractivity contribution is -0.115. The molecule has 0 amide bonds. The van der Waals surface area contributed by atoms with Crippen molar-refractivity contribution in [3.63, 3.8) is 0 Å². The smallest absolute Gasteiger partial charge is 0.405 e. The maximum Gasteiger partial charge on any atom is 0.405 e. The summed E-state index contributed by atoms with van der Waals surface area (Å²) in [5, 5.41) is 2.16. The van der Waals surface area contributed by atoms with Gasteiger partial charge in [-0.25, -0.2) is 13.2 Å². The van der Waals surface area contributed by atoms with Crippen LogP contribution >= 0.6 is 15.9 Å². The lowest BCUT2D eigenvalue weighted by Gasteiger charge is -2.16. The highest BCUT2D eigenvalue weighted by Crippen LogP contribution is 2.29. The highest BCUT2D eigenvalue weighted by atomic mass is 79.9. The van der Waals surface area contributed by atoms with Gasteiger partial charge in [0, 0.05) is 4.47 Å². The van der Waals surface area contributed by atoms with E-state index in [1.807, 2.05) is 0 Å². The average molecular weight is 481 g/mol. The minimum Gasteiger partial charge on any atom is -0.462 e. The second kappa shape index (κ2) is 8.82. The van der Waals surface area contributed by atoms with Crippen molar-refractivity contribution in [2.24, 2.45) is 0 Å². The Morgan fingerprint density at radius 1 is 1.14 bits per heavy atom. The maximum absolute atomic E-state index is 12.7. The Morgan fingerprint density at radius 2 is 1.79 bits per heavy atom. The van der Waals surface area contributed by atoms with Crippen molar-refractivity contribution < 1.29 is 31.1 Å². The van der Waals surface area contributed by atoms with Crippen LogP contribution < -0.4 is 10.0 Å². The first kappa shape index (κ1) is 22.0. The summed E-state index contributed by atoms with van der Waals surface area (Å²) in [6.45, 7) is 0.489. The van der Waals surface area contributed by atoms with Crippen molar-refractivity contribution in [3.8, 4) is 0 Å². The monoisotopic (exact) mass is 480 g/mol. The van der Waals surface area contributed by atoms with Crippen LogP contribution in [0.25, 0.3) is 0 Å². The second-order valence-corrected chi connectivity index (χ2v) is 7.99. The number of carbonyl (C=O) groups is 1. The molecule has 0 unspecified atom stereocenters. The van der Waals surface area contributed by atoms with Gasteiger partial charge in [-0.15, -0.1) is 0 Å². The standard InChI is InChI=1S/C17H16BrF3N2O4S/c1-2-27-16(24)11-7-8-15(12(18)9-11)28(25,26)23-14-6-4-3-5-13(14)22-10-17(19,20)21/h3-9,22-23H,2,10H2,1H3. The van der Waals surface area contributed by atoms with Crippen molar-refractivity contribution >= 4 is 43.3 Å². The van der Waals surface area contributed by atoms with Gasteiger partial charge in [-0.1, -0.05) is 12.1 Å². The molecule has 0 bridgehead atoms. The van der Waals surface area contributed by atoms with Gasteiger partial charge in [-0.3, -0.25) is 4.72 Å². The van der Waals surface area contributed by atoms with Gasteiger partial charge in [-0.05, 0) is 53.2 Å². The Bertz CT molecular complexity index is 965. The molecule has 0 radical (unpaired) electrons. The zero-order valence-electron chi connectivity index (χ0n) is 14.5. The lowest BCUT2D eigenvalue weighted by atomic mass is 10.2. The Hall–Kier alpha value is -2.27. The predicted molar refractivity (Wildman–Crippen MR) is 102 cm³/mol. The summed E-state index contributed by atoms with van der Waals surface area (Å²) in [6.07, 6.45) is -4.46. The third kappa shape index (κ3) is 5.86. The molecule has 152 valence electrons. The Morgan fingerprint density at radius 3 is 2.36 bits per heavy atom. The summed E-state index contributed by atoms with van der Waals surface area (Å²) in [5.74, 6) is -0.609. The van der Waals surface area contributed by atoms with Gasteiger partial charge in [0.15, 0.2) is 0 Å². The molecule has 2 aromatic rings. The van der Waals surface area contributed by atoms with Crippen molar-refractivity contribution in [1.29, 1.82) is 0 Å². The minimum atomic E-state index is -4.46. The molecule has 6 nitrogen and oxygen atoms in total. The fourth-order valence-electron chi connectivity index (χ4n) is 2.18. The van der Waals surface area contributed by atoms with E-state index < -0.39 is 28.7 Å². The maximum atomic E-state index is 12.7. The van der Waals surface area contributed by atoms with E-state index >= 15 is 0 Å². The number of alkyl halides is 3. The van der Waals surface area contributed by atoms with Crippen LogP contribution in [-0.2, 0) is 14.8 Å². The molecule has 2 N–H and O–H groups in total. The number of carbonyl (C=O) groups excluding carboxylic acids is 1. The molecular formula is C17H16BrF3N2O4S. The van der Waals surface area contributed by atoms with Gasteiger partial charge < -0.3 is 10.1 Å². The summed E-state index contributed by atoms with van der Waals surface area (Å²) in [6, 6.07) is 9.38. The topological polar surface area (TPSA) is 84.5 Å². The van der Waals surface area contributed by atoms with Crippen LogP contribution in [0.15, 0.2) is 51.8 Å². The fraction of sp³-hybridized carbons (Fsp3) is 0.235. The summed E-state index contributed by atoms with van der Waals surface area (Å²) in [7, 11) is -4.15. The molecule has 2 aromatic carbocycles. The summed E-state index contributed by atoms with van der Waals surface area (Å²) >= 11 is 3.10. The van der Waals surface area contributed by atoms with Crippen LogP contribution in [0, 0.1) is 0 Å². The third-order valence-electron chi connectivity index (χ3n) is 3.38. The molecule has 0 heterocycles. The van der Waals surface area contributed by atoms with E-state index in [1.54, 1.807) is 6.92 Å². The first-order chi connectivity index (χ1) is 13.0. The highest BCUT2D eigenvalue weighted by molar-refractivity contribution is 9.10. The van der Waals surface area contributed by atoms with Crippen LogP contribution in [0.3, 0.4) is 0 Å². The molecular weight excluding hydrogens is 465 g/mol. The Kier molecular flexibility index (Phi) is 6.94. The van der Waals surface area contributed by atoms with Gasteiger partial charge in [-0.2, -0.15) is 13.2 Å². The highest BCUT2D eigenvalue weighted by Gasteiger charge is 2.27. The third-order valence-corrected chi connectivity index (χ3v) is 5.73. The molecule has 28 heavy (non-hydrogen) atoms. The van der Waals surface area contributed by atoms with E-state index in [2.05, 4.69) is 26.0 Å². The number of halogens is 4. The second-order valence-electron chi connectivity index (χ2n) is 5.49. The van der Waals surface area contributed by atoms with Crippen LogP contribution in [0.2, 0.25) is 0 Å². The molecule has 11 heteroatoms. The Balaban J connectivity index is 2.28. The minimum absolute atomic E-state index is 0.0253. The molecule has 0 saturated carbocycles. The number of rotatable bonds is 7. The predicted octanol–water partition coefficient (Wildman–Crippen LogP) is 4.40. The lowest BCUT2D eigenvalue weighted by Crippen LogP contribution is -2.22. The van der Waals surface area contributed by atoms with E-state index in [-0.39, 0.29) is 32.9 Å². The number of esters is 1. The SMILES string of the molecule is CCOC(=O)c1ccc(S(=O)(=O)Nc2ccccc2NCC(F)(F)F)c(Br)c1. The quantitative estimate of drug-likeness (QED) is 0.573. The van der Waals surface area contributed by atoms with Gasteiger partial charge in [0.05, 0.1) is 23.5 Å². The first-order valence-corrected chi connectivity index (χ1v) is 10.2. The van der Waals surface area contributed by atoms with Crippen molar-refractivity contribution in [2.75, 3.05) is 23.2 Å². The van der Waals surface area contributed by atoms with E-state index in [1.165, 1.54) is 42.5 Å². The summed E-state index contributed by atoms with van der Waals surface area (Å²) in [4.78, 5) is 11.5. The van der Waals surface area contributed by atoms with Crippen LogP contribution in [0.4, 0.5) is 24.5 Å². The van der Waals surface area contributed by atoms with E-state index in [0.717, 1.165) is 0 Å². The first-order valence-electron chi connectivity index (χ1n) is 7.92. The van der Waals surface area contributed by atoms with Crippen molar-refractivity contribution in [2.45, 2.75) is 18.0 Å². The number of hydrogen-bond donors (Lipinski definition) is 2. The van der Waals surface area contributed by atoms with E-state index in [9.17, 15) is 26.4 Å². The molecule has 0 fully saturated rings. The molecule has 0 aliphatic heterocycles. The summed E-state index contributed by atoms with van der Waals surface area (Å²) < 4.78 is 69.9. The van der Waals surface area contributed by atoms with Gasteiger partial charge in [0.25, 0.3) is 10.0 Å². The Labute approximate surface area is 168 Å². The van der Waals surface area contributed by atoms with E-state index in [0.29, 0.717) is 0 Å². The van der Waals surface area contributed by atoms with Crippen molar-refractivity contribution in [1.82, 2.24) is 0 Å². The van der Waals surface area contributed by atoms with Gasteiger partial charge >= 0.3 is 12.1 Å².